The summed E-state index contributed by atoms with van der Waals surface area (Å²) in [5.74, 6) is -0.000678. The molecule has 0 heterocycles. The largest absolute Gasteiger partial charge is 0.294 e. The molecule has 0 saturated heterocycles. The van der Waals surface area contributed by atoms with Crippen LogP contribution >= 0.6 is 11.8 Å². The lowest BCUT2D eigenvalue weighted by molar-refractivity contribution is -0.111. The Balaban J connectivity index is 2.15. The summed E-state index contributed by atoms with van der Waals surface area (Å²) in [7, 11) is 0. The molecule has 2 aromatic rings. The first kappa shape index (κ1) is 18.5. The Labute approximate surface area is 148 Å². The third-order valence-electron chi connectivity index (χ3n) is 3.63. The molecular weight excluding hydrogens is 316 g/mol. The van der Waals surface area contributed by atoms with E-state index in [2.05, 4.69) is 0 Å². The summed E-state index contributed by atoms with van der Waals surface area (Å²) in [6.07, 6.45) is 0.731. The fraction of sp³-hybridized carbons (Fsp3) is 0.333. The van der Waals surface area contributed by atoms with E-state index in [0.29, 0.717) is 18.4 Å². The maximum absolute atomic E-state index is 12.6. The van der Waals surface area contributed by atoms with Crippen LogP contribution in [0.15, 0.2) is 60.7 Å². The fourth-order valence-corrected chi connectivity index (χ4v) is 3.55. The molecule has 0 saturated carbocycles. The zero-order valence-corrected chi connectivity index (χ0v) is 15.3. The minimum Gasteiger partial charge on any atom is -0.294 e. The highest BCUT2D eigenvalue weighted by atomic mass is 32.2. The lowest BCUT2D eigenvalue weighted by Gasteiger charge is -2.20. The molecule has 0 bridgehead atoms. The molecular formula is C21H24O2S. The van der Waals surface area contributed by atoms with Gasteiger partial charge in [-0.15, -0.1) is 0 Å². The predicted molar refractivity (Wildman–Crippen MR) is 102 cm³/mol. The highest BCUT2D eigenvalue weighted by molar-refractivity contribution is 8.14. The highest BCUT2D eigenvalue weighted by Crippen LogP contribution is 2.32. The first-order chi connectivity index (χ1) is 11.3. The Bertz CT molecular complexity index is 672. The van der Waals surface area contributed by atoms with Gasteiger partial charge in [-0.05, 0) is 11.5 Å². The molecule has 126 valence electrons. The van der Waals surface area contributed by atoms with Crippen LogP contribution in [0.3, 0.4) is 0 Å². The quantitative estimate of drug-likeness (QED) is 0.652. The van der Waals surface area contributed by atoms with Gasteiger partial charge in [-0.2, -0.15) is 0 Å². The summed E-state index contributed by atoms with van der Waals surface area (Å²) in [6, 6.07) is 19.1. The number of thioether (sulfide) groups is 1. The van der Waals surface area contributed by atoms with Crippen molar-refractivity contribution in [3.8, 4) is 0 Å². The first-order valence-electron chi connectivity index (χ1n) is 8.20. The summed E-state index contributed by atoms with van der Waals surface area (Å²) in [5, 5.41) is 0.136. The van der Waals surface area contributed by atoms with Crippen molar-refractivity contribution in [2.24, 2.45) is 0 Å². The zero-order chi connectivity index (χ0) is 17.6. The summed E-state index contributed by atoms with van der Waals surface area (Å²) >= 11 is 1.35. The van der Waals surface area contributed by atoms with Crippen LogP contribution < -0.4 is 0 Å². The fourth-order valence-electron chi connectivity index (χ4n) is 2.58. The lowest BCUT2D eigenvalue weighted by Crippen LogP contribution is -2.16. The number of carbonyl (C=O) groups is 2. The zero-order valence-electron chi connectivity index (χ0n) is 14.5. The van der Waals surface area contributed by atoms with Gasteiger partial charge in [0.25, 0.3) is 0 Å². The van der Waals surface area contributed by atoms with Crippen LogP contribution in [0.4, 0.5) is 0 Å². The Morgan fingerprint density at radius 1 is 0.875 bits per heavy atom. The van der Waals surface area contributed by atoms with E-state index in [4.69, 9.17) is 0 Å². The van der Waals surface area contributed by atoms with Crippen molar-refractivity contribution in [1.29, 1.82) is 0 Å². The van der Waals surface area contributed by atoms with Gasteiger partial charge in [0.15, 0.2) is 10.9 Å². The third-order valence-corrected chi connectivity index (χ3v) is 4.64. The van der Waals surface area contributed by atoms with Crippen LogP contribution in [0, 0.1) is 0 Å². The predicted octanol–water partition coefficient (Wildman–Crippen LogP) is 5.49. The van der Waals surface area contributed by atoms with Crippen molar-refractivity contribution in [3.63, 3.8) is 0 Å². The Kier molecular flexibility index (Phi) is 6.38. The smallest absolute Gasteiger partial charge is 0.190 e. The summed E-state index contributed by atoms with van der Waals surface area (Å²) in [6.45, 7) is 6.09. The van der Waals surface area contributed by atoms with E-state index in [1.807, 2.05) is 81.4 Å². The average Bonchev–Trinajstić information content (AvgIpc) is 2.54. The van der Waals surface area contributed by atoms with E-state index >= 15 is 0 Å². The van der Waals surface area contributed by atoms with Gasteiger partial charge >= 0.3 is 0 Å². The van der Waals surface area contributed by atoms with E-state index in [0.717, 1.165) is 5.56 Å². The molecule has 0 aliphatic carbocycles. The number of carbonyl (C=O) groups excluding carboxylic acids is 2. The number of rotatable bonds is 6. The van der Waals surface area contributed by atoms with Crippen molar-refractivity contribution in [2.45, 2.75) is 44.3 Å². The van der Waals surface area contributed by atoms with Crippen LogP contribution in [-0.4, -0.2) is 15.6 Å². The number of benzene rings is 2. The van der Waals surface area contributed by atoms with Gasteiger partial charge in [0.1, 0.15) is 0 Å². The maximum Gasteiger partial charge on any atom is 0.190 e. The molecule has 0 aromatic heterocycles. The number of ketones is 1. The standard InChI is InChI=1S/C21H24O2S/c1-21(2,3)24-20(23)15-18(16-10-6-4-7-11-16)14-19(22)17-12-8-5-9-13-17/h4-13,18H,14-15H2,1-3H3/t18-/m0/s1. The average molecular weight is 340 g/mol. The molecule has 0 fully saturated rings. The van der Waals surface area contributed by atoms with Crippen LogP contribution in [-0.2, 0) is 4.79 Å². The molecule has 0 amide bonds. The van der Waals surface area contributed by atoms with Gasteiger partial charge in [-0.3, -0.25) is 9.59 Å². The Morgan fingerprint density at radius 2 is 1.42 bits per heavy atom. The highest BCUT2D eigenvalue weighted by Gasteiger charge is 2.23. The molecule has 2 aromatic carbocycles. The minimum atomic E-state index is -0.109. The second-order valence-electron chi connectivity index (χ2n) is 6.89. The summed E-state index contributed by atoms with van der Waals surface area (Å²) in [4.78, 5) is 25.0. The van der Waals surface area contributed by atoms with Crippen molar-refractivity contribution in [2.75, 3.05) is 0 Å². The Hall–Kier alpha value is -1.87. The normalized spacial score (nSPS) is 12.6. The molecule has 0 N–H and O–H groups in total. The molecule has 24 heavy (non-hydrogen) atoms. The van der Waals surface area contributed by atoms with Crippen LogP contribution in [0.2, 0.25) is 0 Å². The molecule has 0 aliphatic heterocycles. The monoisotopic (exact) mass is 340 g/mol. The molecule has 3 heteroatoms. The maximum atomic E-state index is 12.6. The SMILES string of the molecule is CC(C)(C)SC(=O)C[C@H](CC(=O)c1ccccc1)c1ccccc1. The van der Waals surface area contributed by atoms with E-state index in [-0.39, 0.29) is 21.6 Å². The number of Topliss-reactive ketones (excluding diaryl/α,β-unsaturated/α-hetero) is 1. The van der Waals surface area contributed by atoms with E-state index in [9.17, 15) is 9.59 Å². The van der Waals surface area contributed by atoms with E-state index in [1.165, 1.54) is 11.8 Å². The van der Waals surface area contributed by atoms with Crippen LogP contribution in [0.5, 0.6) is 0 Å². The first-order valence-corrected chi connectivity index (χ1v) is 9.02. The van der Waals surface area contributed by atoms with Gasteiger partial charge in [0, 0.05) is 23.2 Å². The lowest BCUT2D eigenvalue weighted by atomic mass is 9.89. The molecule has 0 aliphatic rings. The van der Waals surface area contributed by atoms with Crippen molar-refractivity contribution in [1.82, 2.24) is 0 Å². The Morgan fingerprint density at radius 3 is 1.96 bits per heavy atom. The van der Waals surface area contributed by atoms with Crippen molar-refractivity contribution in [3.05, 3.63) is 71.8 Å². The summed E-state index contributed by atoms with van der Waals surface area (Å²) < 4.78 is -0.109. The molecule has 0 unspecified atom stereocenters. The molecule has 1 atom stereocenters. The van der Waals surface area contributed by atoms with Gasteiger partial charge in [-0.25, -0.2) is 0 Å². The molecule has 0 spiro atoms. The van der Waals surface area contributed by atoms with Crippen molar-refractivity contribution < 1.29 is 9.59 Å². The second-order valence-corrected chi connectivity index (χ2v) is 8.78. The van der Waals surface area contributed by atoms with Crippen LogP contribution in [0.25, 0.3) is 0 Å². The van der Waals surface area contributed by atoms with E-state index in [1.54, 1.807) is 0 Å². The van der Waals surface area contributed by atoms with Gasteiger partial charge in [-0.1, -0.05) is 93.2 Å². The third kappa shape index (κ3) is 5.97. The number of hydrogen-bond acceptors (Lipinski definition) is 3. The minimum absolute atomic E-state index is 0.0815. The van der Waals surface area contributed by atoms with Crippen molar-refractivity contribution >= 4 is 22.7 Å². The molecule has 0 radical (unpaired) electrons. The van der Waals surface area contributed by atoms with Gasteiger partial charge < -0.3 is 0 Å². The molecule has 2 nitrogen and oxygen atoms in total. The second kappa shape index (κ2) is 8.29. The van der Waals surface area contributed by atoms with E-state index < -0.39 is 0 Å². The van der Waals surface area contributed by atoms with Gasteiger partial charge in [0.05, 0.1) is 0 Å². The van der Waals surface area contributed by atoms with Crippen LogP contribution in [0.1, 0.15) is 55.5 Å². The van der Waals surface area contributed by atoms with Gasteiger partial charge in [0.2, 0.25) is 0 Å². The molecule has 2 rings (SSSR count). The topological polar surface area (TPSA) is 34.1 Å². The summed E-state index contributed by atoms with van der Waals surface area (Å²) in [5.41, 5.74) is 1.75. The number of hydrogen-bond donors (Lipinski definition) is 0.